The minimum absolute atomic E-state index is 0.102. The van der Waals surface area contributed by atoms with Crippen LogP contribution in [0, 0.1) is 0 Å². The molecule has 5 nitrogen and oxygen atoms in total. The van der Waals surface area contributed by atoms with Crippen molar-refractivity contribution in [2.45, 2.75) is 18.9 Å². The van der Waals surface area contributed by atoms with Crippen molar-refractivity contribution in [3.8, 4) is 0 Å². The molecular weight excluding hydrogens is 370 g/mol. The van der Waals surface area contributed by atoms with E-state index in [-0.39, 0.29) is 18.0 Å². The Morgan fingerprint density at radius 3 is 2.39 bits per heavy atom. The highest BCUT2D eigenvalue weighted by Gasteiger charge is 2.30. The largest absolute Gasteiger partial charge is 0.322 e. The van der Waals surface area contributed by atoms with Crippen molar-refractivity contribution in [1.29, 1.82) is 0 Å². The van der Waals surface area contributed by atoms with Gasteiger partial charge in [-0.25, -0.2) is 4.79 Å². The summed E-state index contributed by atoms with van der Waals surface area (Å²) in [5, 5.41) is 9.95. The first-order valence-corrected chi connectivity index (χ1v) is 10.2. The second-order valence-electron chi connectivity index (χ2n) is 6.74. The summed E-state index contributed by atoms with van der Waals surface area (Å²) >= 11 is 1.65. The normalized spacial score (nSPS) is 16.0. The quantitative estimate of drug-likeness (QED) is 0.628. The third-order valence-electron chi connectivity index (χ3n) is 4.87. The maximum atomic E-state index is 12.7. The first-order valence-electron chi connectivity index (χ1n) is 9.27. The van der Waals surface area contributed by atoms with Crippen LogP contribution in [0.25, 0.3) is 0 Å². The second kappa shape index (κ2) is 8.27. The molecule has 1 aliphatic heterocycles. The van der Waals surface area contributed by atoms with E-state index in [0.717, 1.165) is 25.1 Å². The van der Waals surface area contributed by atoms with Crippen LogP contribution in [0.2, 0.25) is 0 Å². The Bertz CT molecular complexity index is 940. The lowest BCUT2D eigenvalue weighted by Crippen LogP contribution is -2.34. The van der Waals surface area contributed by atoms with E-state index in [9.17, 15) is 9.59 Å². The Hall–Kier alpha value is -3.12. The van der Waals surface area contributed by atoms with Crippen molar-refractivity contribution in [2.24, 2.45) is 0 Å². The van der Waals surface area contributed by atoms with E-state index >= 15 is 0 Å². The van der Waals surface area contributed by atoms with Crippen LogP contribution in [0.3, 0.4) is 0 Å². The lowest BCUT2D eigenvalue weighted by molar-refractivity contribution is 0.102. The van der Waals surface area contributed by atoms with Gasteiger partial charge >= 0.3 is 6.03 Å². The Morgan fingerprint density at radius 2 is 1.68 bits per heavy atom. The number of para-hydroxylation sites is 1. The van der Waals surface area contributed by atoms with Gasteiger partial charge in [-0.1, -0.05) is 18.2 Å². The predicted octanol–water partition coefficient (Wildman–Crippen LogP) is 5.37. The SMILES string of the molecule is O=C(Nc1ccccc1)c1ccc(NC(=O)N2CCC[C@@H]2c2ccsc2)cc1. The van der Waals surface area contributed by atoms with Crippen molar-refractivity contribution in [3.63, 3.8) is 0 Å². The van der Waals surface area contributed by atoms with Crippen LogP contribution >= 0.6 is 11.3 Å². The summed E-state index contributed by atoms with van der Waals surface area (Å²) in [5.41, 5.74) is 3.17. The van der Waals surface area contributed by atoms with Crippen molar-refractivity contribution in [2.75, 3.05) is 17.2 Å². The molecule has 1 fully saturated rings. The lowest BCUT2D eigenvalue weighted by atomic mass is 10.1. The third-order valence-corrected chi connectivity index (χ3v) is 5.57. The molecule has 1 aromatic heterocycles. The molecule has 2 aromatic carbocycles. The van der Waals surface area contributed by atoms with Gasteiger partial charge in [-0.3, -0.25) is 4.79 Å². The number of rotatable bonds is 4. The van der Waals surface area contributed by atoms with Crippen LogP contribution in [0.5, 0.6) is 0 Å². The first kappa shape index (κ1) is 18.3. The average molecular weight is 391 g/mol. The van der Waals surface area contributed by atoms with Gasteiger partial charge in [-0.2, -0.15) is 11.3 Å². The number of nitrogens with one attached hydrogen (secondary N) is 2. The molecule has 1 aliphatic rings. The number of nitrogens with zero attached hydrogens (tertiary/aromatic N) is 1. The maximum absolute atomic E-state index is 12.7. The molecule has 28 heavy (non-hydrogen) atoms. The Balaban J connectivity index is 1.39. The van der Waals surface area contributed by atoms with E-state index < -0.39 is 0 Å². The minimum Gasteiger partial charge on any atom is -0.322 e. The van der Waals surface area contributed by atoms with E-state index in [4.69, 9.17) is 0 Å². The zero-order valence-corrected chi connectivity index (χ0v) is 16.1. The molecule has 2 heterocycles. The van der Waals surface area contributed by atoms with Crippen molar-refractivity contribution in [3.05, 3.63) is 82.6 Å². The van der Waals surface area contributed by atoms with Gasteiger partial charge in [-0.15, -0.1) is 0 Å². The Morgan fingerprint density at radius 1 is 0.929 bits per heavy atom. The highest BCUT2D eigenvalue weighted by atomic mass is 32.1. The zero-order valence-electron chi connectivity index (χ0n) is 15.3. The molecule has 142 valence electrons. The third kappa shape index (κ3) is 4.07. The number of carbonyl (C=O) groups is 2. The molecule has 6 heteroatoms. The van der Waals surface area contributed by atoms with Gasteiger partial charge in [0, 0.05) is 23.5 Å². The van der Waals surface area contributed by atoms with E-state index in [2.05, 4.69) is 22.1 Å². The number of thiophene rings is 1. The van der Waals surface area contributed by atoms with E-state index in [1.807, 2.05) is 40.6 Å². The van der Waals surface area contributed by atoms with Crippen LogP contribution in [0.1, 0.15) is 34.8 Å². The molecule has 3 aromatic rings. The fourth-order valence-corrected chi connectivity index (χ4v) is 4.15. The average Bonchev–Trinajstić information content (AvgIpc) is 3.41. The summed E-state index contributed by atoms with van der Waals surface area (Å²) in [7, 11) is 0. The maximum Gasteiger partial charge on any atom is 0.322 e. The highest BCUT2D eigenvalue weighted by Crippen LogP contribution is 2.33. The van der Waals surface area contributed by atoms with Gasteiger partial charge in [0.1, 0.15) is 0 Å². The first-order chi connectivity index (χ1) is 13.7. The van der Waals surface area contributed by atoms with Gasteiger partial charge < -0.3 is 15.5 Å². The van der Waals surface area contributed by atoms with E-state index in [1.165, 1.54) is 5.56 Å². The lowest BCUT2D eigenvalue weighted by Gasteiger charge is -2.24. The molecule has 0 saturated carbocycles. The fourth-order valence-electron chi connectivity index (χ4n) is 3.45. The number of benzene rings is 2. The zero-order chi connectivity index (χ0) is 19.3. The van der Waals surface area contributed by atoms with Crippen molar-refractivity contribution in [1.82, 2.24) is 4.90 Å². The number of likely N-dealkylation sites (tertiary alicyclic amines) is 1. The summed E-state index contributed by atoms with van der Waals surface area (Å²) in [5.74, 6) is -0.179. The molecule has 0 aliphatic carbocycles. The summed E-state index contributed by atoms with van der Waals surface area (Å²) < 4.78 is 0. The highest BCUT2D eigenvalue weighted by molar-refractivity contribution is 7.08. The van der Waals surface area contributed by atoms with Crippen molar-refractivity contribution < 1.29 is 9.59 Å². The van der Waals surface area contributed by atoms with Gasteiger partial charge in [0.15, 0.2) is 0 Å². The molecule has 0 bridgehead atoms. The number of carbonyl (C=O) groups excluding carboxylic acids is 2. The number of hydrogen-bond acceptors (Lipinski definition) is 3. The van der Waals surface area contributed by atoms with Crippen LogP contribution in [-0.4, -0.2) is 23.4 Å². The number of anilines is 2. The number of hydrogen-bond donors (Lipinski definition) is 2. The van der Waals surface area contributed by atoms with Gasteiger partial charge in [0.25, 0.3) is 5.91 Å². The molecule has 0 spiro atoms. The summed E-state index contributed by atoms with van der Waals surface area (Å²) in [4.78, 5) is 26.9. The van der Waals surface area contributed by atoms with Crippen LogP contribution in [0.15, 0.2) is 71.4 Å². The Labute approximate surface area is 168 Å². The molecule has 2 N–H and O–H groups in total. The summed E-state index contributed by atoms with van der Waals surface area (Å²) in [6.45, 7) is 0.754. The van der Waals surface area contributed by atoms with Gasteiger partial charge in [0.05, 0.1) is 6.04 Å². The van der Waals surface area contributed by atoms with E-state index in [1.54, 1.807) is 35.6 Å². The Kier molecular flexibility index (Phi) is 5.39. The monoisotopic (exact) mass is 391 g/mol. The molecule has 0 unspecified atom stereocenters. The summed E-state index contributed by atoms with van der Waals surface area (Å²) in [6, 6.07) is 18.4. The van der Waals surface area contributed by atoms with Crippen LogP contribution in [-0.2, 0) is 0 Å². The fraction of sp³-hybridized carbons (Fsp3) is 0.182. The number of urea groups is 1. The topological polar surface area (TPSA) is 61.4 Å². The predicted molar refractivity (Wildman–Crippen MR) is 113 cm³/mol. The molecule has 1 atom stereocenters. The molecular formula is C22H21N3O2S. The van der Waals surface area contributed by atoms with Crippen molar-refractivity contribution >= 4 is 34.6 Å². The smallest absolute Gasteiger partial charge is 0.322 e. The van der Waals surface area contributed by atoms with E-state index in [0.29, 0.717) is 11.3 Å². The molecule has 3 amide bonds. The number of amides is 3. The minimum atomic E-state index is -0.179. The van der Waals surface area contributed by atoms with Crippen LogP contribution in [0.4, 0.5) is 16.2 Å². The summed E-state index contributed by atoms with van der Waals surface area (Å²) in [6.07, 6.45) is 2.00. The molecule has 0 radical (unpaired) electrons. The molecule has 4 rings (SSSR count). The van der Waals surface area contributed by atoms with Gasteiger partial charge in [0.2, 0.25) is 0 Å². The van der Waals surface area contributed by atoms with Gasteiger partial charge in [-0.05, 0) is 71.6 Å². The second-order valence-corrected chi connectivity index (χ2v) is 7.52. The van der Waals surface area contributed by atoms with Crippen LogP contribution < -0.4 is 10.6 Å². The standard InChI is InChI=1S/C22H21N3O2S/c26-21(23-18-5-2-1-3-6-18)16-8-10-19(11-9-16)24-22(27)25-13-4-7-20(25)17-12-14-28-15-17/h1-3,5-6,8-12,14-15,20H,4,7,13H2,(H,23,26)(H,24,27)/t20-/m1/s1. The molecule has 1 saturated heterocycles.